The fraction of sp³-hybridized carbons (Fsp3) is 0.375. The maximum absolute atomic E-state index is 10.4. The van der Waals surface area contributed by atoms with Crippen molar-refractivity contribution >= 4 is 18.1 Å². The van der Waals surface area contributed by atoms with Crippen LogP contribution in [0.2, 0.25) is 0 Å². The van der Waals surface area contributed by atoms with E-state index in [0.717, 1.165) is 5.56 Å². The molecule has 2 nitrogen and oxygen atoms in total. The van der Waals surface area contributed by atoms with Gasteiger partial charge in [-0.1, -0.05) is 64.1 Å². The van der Waals surface area contributed by atoms with Crippen molar-refractivity contribution in [3.8, 4) is 5.75 Å². The van der Waals surface area contributed by atoms with Gasteiger partial charge >= 0.3 is 0 Å². The minimum absolute atomic E-state index is 0.217. The van der Waals surface area contributed by atoms with Crippen molar-refractivity contribution < 1.29 is 9.53 Å². The average molecular weight is 348 g/mol. The molecule has 2 aromatic rings. The zero-order chi connectivity index (χ0) is 18.9. The molecule has 0 atom stereocenters. The Labute approximate surface area is 156 Å². The number of rotatable bonds is 4. The summed E-state index contributed by atoms with van der Waals surface area (Å²) in [6.45, 7) is 12.0. The highest BCUT2D eigenvalue weighted by molar-refractivity contribution is 5.81. The quantitative estimate of drug-likeness (QED) is 0.490. The third kappa shape index (κ3) is 3.60. The van der Waals surface area contributed by atoms with Crippen molar-refractivity contribution in [3.05, 3.63) is 64.7 Å². The van der Waals surface area contributed by atoms with E-state index >= 15 is 0 Å². The summed E-state index contributed by atoms with van der Waals surface area (Å²) < 4.78 is 4.85. The Balaban J connectivity index is 1.95. The molecule has 1 aliphatic rings. The lowest BCUT2D eigenvalue weighted by Gasteiger charge is -2.42. The van der Waals surface area contributed by atoms with Crippen LogP contribution in [0.3, 0.4) is 0 Å². The smallest absolute Gasteiger partial charge is 0.298 e. The van der Waals surface area contributed by atoms with Crippen LogP contribution < -0.4 is 4.74 Å². The van der Waals surface area contributed by atoms with Gasteiger partial charge in [0.2, 0.25) is 0 Å². The average Bonchev–Trinajstić information content (AvgIpc) is 2.61. The summed E-state index contributed by atoms with van der Waals surface area (Å²) in [6.07, 6.45) is 4.63. The van der Waals surface area contributed by atoms with Crippen LogP contribution in [0.1, 0.15) is 69.7 Å². The van der Waals surface area contributed by atoms with Crippen LogP contribution in [0.25, 0.3) is 11.6 Å². The Hall–Kier alpha value is -2.35. The first-order chi connectivity index (χ1) is 12.2. The normalized spacial score (nSPS) is 18.1. The van der Waals surface area contributed by atoms with Crippen LogP contribution in [-0.2, 0) is 15.6 Å². The topological polar surface area (TPSA) is 26.3 Å². The minimum Gasteiger partial charge on any atom is -0.429 e. The third-order valence-corrected chi connectivity index (χ3v) is 5.76. The molecule has 2 heteroatoms. The molecule has 0 unspecified atom stereocenters. The first-order valence-corrected chi connectivity index (χ1v) is 9.27. The molecule has 0 aliphatic heterocycles. The maximum atomic E-state index is 10.4. The van der Waals surface area contributed by atoms with E-state index in [9.17, 15) is 4.79 Å². The van der Waals surface area contributed by atoms with E-state index in [1.807, 2.05) is 24.3 Å². The summed E-state index contributed by atoms with van der Waals surface area (Å²) in [4.78, 5) is 10.4. The number of carbonyl (C=O) groups excluding carboxylic acids is 1. The van der Waals surface area contributed by atoms with Crippen molar-refractivity contribution in [2.24, 2.45) is 0 Å². The number of carbonyl (C=O) groups is 1. The number of allylic oxidation sites excluding steroid dienone is 1. The Bertz CT molecular complexity index is 839. The molecule has 1 aliphatic carbocycles. The number of hydrogen-bond donors (Lipinski definition) is 0. The molecule has 0 aromatic heterocycles. The predicted octanol–water partition coefficient (Wildman–Crippen LogP) is 6.13. The van der Waals surface area contributed by atoms with Crippen LogP contribution in [0.4, 0.5) is 0 Å². The van der Waals surface area contributed by atoms with E-state index in [4.69, 9.17) is 4.74 Å². The molecule has 0 spiro atoms. The molecule has 0 saturated carbocycles. The van der Waals surface area contributed by atoms with Crippen molar-refractivity contribution in [2.75, 3.05) is 0 Å². The molecular weight excluding hydrogens is 320 g/mol. The summed E-state index contributed by atoms with van der Waals surface area (Å²) in [5.41, 5.74) is 7.02. The van der Waals surface area contributed by atoms with Gasteiger partial charge in [-0.15, -0.1) is 0 Å². The van der Waals surface area contributed by atoms with Gasteiger partial charge in [0.15, 0.2) is 0 Å². The van der Waals surface area contributed by atoms with Gasteiger partial charge in [-0.2, -0.15) is 0 Å². The molecule has 26 heavy (non-hydrogen) atoms. The molecule has 0 saturated heterocycles. The van der Waals surface area contributed by atoms with E-state index in [-0.39, 0.29) is 10.8 Å². The fourth-order valence-electron chi connectivity index (χ4n) is 3.87. The summed E-state index contributed by atoms with van der Waals surface area (Å²) in [6, 6.07) is 14.5. The lowest BCUT2D eigenvalue weighted by atomic mass is 9.63. The van der Waals surface area contributed by atoms with Gasteiger partial charge in [0.1, 0.15) is 5.75 Å². The summed E-state index contributed by atoms with van der Waals surface area (Å²) in [5.74, 6) is 0.563. The van der Waals surface area contributed by atoms with Crippen LogP contribution in [0.5, 0.6) is 5.75 Å². The molecular formula is C24H28O2. The van der Waals surface area contributed by atoms with Gasteiger partial charge in [0.05, 0.1) is 0 Å². The van der Waals surface area contributed by atoms with Crippen LogP contribution >= 0.6 is 0 Å². The second kappa shape index (κ2) is 6.75. The minimum atomic E-state index is 0.217. The summed E-state index contributed by atoms with van der Waals surface area (Å²) >= 11 is 0. The van der Waals surface area contributed by atoms with E-state index in [0.29, 0.717) is 12.2 Å². The molecule has 0 N–H and O–H groups in total. The Morgan fingerprint density at radius 1 is 0.923 bits per heavy atom. The molecule has 3 rings (SSSR count). The Morgan fingerprint density at radius 3 is 2.15 bits per heavy atom. The van der Waals surface area contributed by atoms with Crippen molar-refractivity contribution in [2.45, 2.75) is 58.3 Å². The molecule has 0 amide bonds. The zero-order valence-corrected chi connectivity index (χ0v) is 16.4. The van der Waals surface area contributed by atoms with Gasteiger partial charge in [0.25, 0.3) is 6.47 Å². The highest BCUT2D eigenvalue weighted by atomic mass is 16.5. The fourth-order valence-corrected chi connectivity index (χ4v) is 3.87. The Kier molecular flexibility index (Phi) is 4.79. The monoisotopic (exact) mass is 348 g/mol. The van der Waals surface area contributed by atoms with E-state index in [1.54, 1.807) is 0 Å². The second-order valence-electron chi connectivity index (χ2n) is 8.64. The molecule has 2 aromatic carbocycles. The summed E-state index contributed by atoms with van der Waals surface area (Å²) in [7, 11) is 0. The van der Waals surface area contributed by atoms with E-state index in [2.05, 4.69) is 58.9 Å². The molecule has 0 radical (unpaired) electrons. The number of hydrogen-bond acceptors (Lipinski definition) is 2. The first kappa shape index (κ1) is 18.4. The number of fused-ring (bicyclic) bond motifs is 1. The van der Waals surface area contributed by atoms with E-state index < -0.39 is 0 Å². The highest BCUT2D eigenvalue weighted by Crippen LogP contribution is 2.46. The van der Waals surface area contributed by atoms with Gasteiger partial charge in [0, 0.05) is 0 Å². The lowest BCUT2D eigenvalue weighted by Crippen LogP contribution is -2.33. The molecule has 136 valence electrons. The lowest BCUT2D eigenvalue weighted by molar-refractivity contribution is -0.120. The van der Waals surface area contributed by atoms with Crippen molar-refractivity contribution in [1.29, 1.82) is 0 Å². The SMILES string of the molecule is CC(=Cc1ccc(OC=O)cc1)c1ccc2c(c1)C(C)(C)CCC2(C)C. The van der Waals surface area contributed by atoms with Crippen molar-refractivity contribution in [3.63, 3.8) is 0 Å². The predicted molar refractivity (Wildman–Crippen MR) is 108 cm³/mol. The highest BCUT2D eigenvalue weighted by Gasteiger charge is 2.36. The van der Waals surface area contributed by atoms with Crippen LogP contribution in [0, 0.1) is 0 Å². The second-order valence-corrected chi connectivity index (χ2v) is 8.64. The van der Waals surface area contributed by atoms with Crippen LogP contribution in [-0.4, -0.2) is 6.47 Å². The molecule has 0 heterocycles. The van der Waals surface area contributed by atoms with Gasteiger partial charge in [-0.3, -0.25) is 4.79 Å². The standard InChI is InChI=1S/C24H28O2/c1-17(14-18-6-9-20(10-7-18)26-16-25)19-8-11-21-22(15-19)24(4,5)13-12-23(21,2)3/h6-11,14-16H,12-13H2,1-5H3. The van der Waals surface area contributed by atoms with E-state index in [1.165, 1.54) is 35.1 Å². The number of ether oxygens (including phenoxy) is 1. The van der Waals surface area contributed by atoms with Gasteiger partial charge in [-0.05, 0) is 70.6 Å². The number of benzene rings is 2. The van der Waals surface area contributed by atoms with Gasteiger partial charge in [-0.25, -0.2) is 0 Å². The first-order valence-electron chi connectivity index (χ1n) is 9.27. The summed E-state index contributed by atoms with van der Waals surface area (Å²) in [5, 5.41) is 0. The molecule has 0 bridgehead atoms. The molecule has 0 fully saturated rings. The Morgan fingerprint density at radius 2 is 1.54 bits per heavy atom. The van der Waals surface area contributed by atoms with Crippen molar-refractivity contribution in [1.82, 2.24) is 0 Å². The largest absolute Gasteiger partial charge is 0.429 e. The zero-order valence-electron chi connectivity index (χ0n) is 16.4. The third-order valence-electron chi connectivity index (χ3n) is 5.76. The van der Waals surface area contributed by atoms with Crippen LogP contribution in [0.15, 0.2) is 42.5 Å². The maximum Gasteiger partial charge on any atom is 0.298 e. The van der Waals surface area contributed by atoms with Gasteiger partial charge < -0.3 is 4.74 Å².